The first kappa shape index (κ1) is 14.3. The van der Waals surface area contributed by atoms with Crippen LogP contribution in [0, 0.1) is 0 Å². The Balaban J connectivity index is 1.84. The lowest BCUT2D eigenvalue weighted by molar-refractivity contribution is 0.185. The van der Waals surface area contributed by atoms with Gasteiger partial charge in [0.2, 0.25) is 0 Å². The number of hydrogen-bond acceptors (Lipinski definition) is 2. The number of benzene rings is 2. The summed E-state index contributed by atoms with van der Waals surface area (Å²) in [6.07, 6.45) is 1.20. The Morgan fingerprint density at radius 1 is 0.952 bits per heavy atom. The topological polar surface area (TPSA) is 21.3 Å². The van der Waals surface area contributed by atoms with Gasteiger partial charge >= 0.3 is 0 Å². The first-order chi connectivity index (χ1) is 10.4. The normalized spacial score (nSPS) is 22.1. The molecule has 1 N–H and O–H groups in total. The molecule has 2 aromatic rings. The molecule has 0 aromatic heterocycles. The molecule has 1 aliphatic rings. The Morgan fingerprint density at radius 3 is 2.38 bits per heavy atom. The van der Waals surface area contributed by atoms with Gasteiger partial charge in [0, 0.05) is 19.6 Å². The maximum atomic E-state index is 5.19. The summed E-state index contributed by atoms with van der Waals surface area (Å²) in [4.78, 5) is 0. The van der Waals surface area contributed by atoms with Crippen LogP contribution in [0.4, 0.5) is 0 Å². The fourth-order valence-electron chi connectivity index (χ4n) is 3.34. The summed E-state index contributed by atoms with van der Waals surface area (Å²) in [5.41, 5.74) is 4.13. The lowest BCUT2D eigenvalue weighted by atomic mass is 9.77. The number of nitrogens with one attached hydrogen (secondary N) is 1. The van der Waals surface area contributed by atoms with E-state index in [4.69, 9.17) is 4.74 Å². The minimum atomic E-state index is 0.563. The minimum absolute atomic E-state index is 0.563. The van der Waals surface area contributed by atoms with E-state index in [0.717, 1.165) is 13.1 Å². The molecule has 1 fully saturated rings. The van der Waals surface area contributed by atoms with E-state index in [-0.39, 0.29) is 0 Å². The number of ether oxygens (including phenoxy) is 1. The van der Waals surface area contributed by atoms with E-state index in [1.165, 1.54) is 23.1 Å². The molecule has 2 nitrogen and oxygen atoms in total. The Bertz CT molecular complexity index is 550. The monoisotopic (exact) mass is 281 g/mol. The second-order valence-electron chi connectivity index (χ2n) is 5.79. The predicted molar refractivity (Wildman–Crippen MR) is 86.6 cm³/mol. The molecule has 0 saturated carbocycles. The van der Waals surface area contributed by atoms with Gasteiger partial charge in [0.25, 0.3) is 0 Å². The van der Waals surface area contributed by atoms with Gasteiger partial charge in [-0.1, -0.05) is 54.6 Å². The van der Waals surface area contributed by atoms with Gasteiger partial charge in [-0.15, -0.1) is 0 Å². The van der Waals surface area contributed by atoms with Crippen molar-refractivity contribution in [3.05, 3.63) is 71.3 Å². The molecule has 21 heavy (non-hydrogen) atoms. The molecule has 2 aromatic carbocycles. The molecule has 3 rings (SSSR count). The quantitative estimate of drug-likeness (QED) is 0.922. The summed E-state index contributed by atoms with van der Waals surface area (Å²) >= 11 is 0. The molecule has 2 heteroatoms. The summed E-state index contributed by atoms with van der Waals surface area (Å²) in [5, 5.41) is 3.54. The molecule has 1 saturated heterocycles. The molecule has 0 radical (unpaired) electrons. The third-order valence-electron chi connectivity index (χ3n) is 4.43. The van der Waals surface area contributed by atoms with Crippen molar-refractivity contribution in [3.63, 3.8) is 0 Å². The Morgan fingerprint density at radius 2 is 1.67 bits per heavy atom. The highest BCUT2D eigenvalue weighted by molar-refractivity contribution is 5.31. The Hall–Kier alpha value is -1.64. The average molecular weight is 281 g/mol. The third kappa shape index (κ3) is 3.34. The summed E-state index contributed by atoms with van der Waals surface area (Å²) in [6.45, 7) is 2.86. The van der Waals surface area contributed by atoms with Gasteiger partial charge in [-0.05, 0) is 35.6 Å². The van der Waals surface area contributed by atoms with Crippen LogP contribution in [-0.4, -0.2) is 20.2 Å². The standard InChI is InChI=1S/C19H23NO/c1-21-14-15-7-9-17(10-8-15)18-11-12-20-13-19(18)16-5-3-2-4-6-16/h2-10,18-20H,11-14H2,1H3. The van der Waals surface area contributed by atoms with E-state index >= 15 is 0 Å². The summed E-state index contributed by atoms with van der Waals surface area (Å²) in [5.74, 6) is 1.17. The highest BCUT2D eigenvalue weighted by Gasteiger charge is 2.27. The molecular formula is C19H23NO. The van der Waals surface area contributed by atoms with Crippen molar-refractivity contribution in [3.8, 4) is 0 Å². The maximum absolute atomic E-state index is 5.19. The van der Waals surface area contributed by atoms with E-state index in [2.05, 4.69) is 59.9 Å². The molecule has 2 atom stereocenters. The van der Waals surface area contributed by atoms with Crippen LogP contribution in [0.25, 0.3) is 0 Å². The molecule has 0 bridgehead atoms. The van der Waals surface area contributed by atoms with Crippen LogP contribution < -0.4 is 5.32 Å². The van der Waals surface area contributed by atoms with Crippen LogP contribution in [0.5, 0.6) is 0 Å². The van der Waals surface area contributed by atoms with E-state index in [9.17, 15) is 0 Å². The van der Waals surface area contributed by atoms with E-state index in [1.54, 1.807) is 7.11 Å². The van der Waals surface area contributed by atoms with Crippen molar-refractivity contribution >= 4 is 0 Å². The van der Waals surface area contributed by atoms with Crippen LogP contribution >= 0.6 is 0 Å². The van der Waals surface area contributed by atoms with Gasteiger partial charge in [0.15, 0.2) is 0 Å². The van der Waals surface area contributed by atoms with Crippen molar-refractivity contribution in [2.45, 2.75) is 24.9 Å². The van der Waals surface area contributed by atoms with Crippen LogP contribution in [-0.2, 0) is 11.3 Å². The predicted octanol–water partition coefficient (Wildman–Crippen LogP) is 3.69. The van der Waals surface area contributed by atoms with E-state index in [1.807, 2.05) is 0 Å². The van der Waals surface area contributed by atoms with Crippen LogP contribution in [0.1, 0.15) is 34.9 Å². The molecule has 110 valence electrons. The van der Waals surface area contributed by atoms with Crippen molar-refractivity contribution in [1.82, 2.24) is 5.32 Å². The largest absolute Gasteiger partial charge is 0.380 e. The fraction of sp³-hybridized carbons (Fsp3) is 0.368. The molecule has 0 spiro atoms. The summed E-state index contributed by atoms with van der Waals surface area (Å²) in [7, 11) is 1.74. The molecule has 0 aliphatic carbocycles. The first-order valence-corrected chi connectivity index (χ1v) is 7.72. The minimum Gasteiger partial charge on any atom is -0.380 e. The highest BCUT2D eigenvalue weighted by atomic mass is 16.5. The zero-order valence-corrected chi connectivity index (χ0v) is 12.6. The molecular weight excluding hydrogens is 258 g/mol. The lowest BCUT2D eigenvalue weighted by Crippen LogP contribution is -2.34. The number of piperidine rings is 1. The third-order valence-corrected chi connectivity index (χ3v) is 4.43. The molecule has 1 aliphatic heterocycles. The number of methoxy groups -OCH3 is 1. The van der Waals surface area contributed by atoms with Gasteiger partial charge in [-0.2, -0.15) is 0 Å². The van der Waals surface area contributed by atoms with Gasteiger partial charge in [0.1, 0.15) is 0 Å². The number of hydrogen-bond donors (Lipinski definition) is 1. The zero-order chi connectivity index (χ0) is 14.5. The van der Waals surface area contributed by atoms with Crippen molar-refractivity contribution in [2.24, 2.45) is 0 Å². The van der Waals surface area contributed by atoms with Crippen LogP contribution in [0.2, 0.25) is 0 Å². The van der Waals surface area contributed by atoms with Gasteiger partial charge in [-0.3, -0.25) is 0 Å². The Kier molecular flexibility index (Phi) is 4.69. The summed E-state index contributed by atoms with van der Waals surface area (Å²) in [6, 6.07) is 19.8. The Labute approximate surface area is 127 Å². The smallest absolute Gasteiger partial charge is 0.0713 e. The molecule has 2 unspecified atom stereocenters. The highest BCUT2D eigenvalue weighted by Crippen LogP contribution is 2.37. The van der Waals surface area contributed by atoms with Crippen molar-refractivity contribution in [1.29, 1.82) is 0 Å². The van der Waals surface area contributed by atoms with Gasteiger partial charge < -0.3 is 10.1 Å². The molecule has 0 amide bonds. The van der Waals surface area contributed by atoms with Gasteiger partial charge in [-0.25, -0.2) is 0 Å². The fourth-order valence-corrected chi connectivity index (χ4v) is 3.34. The summed E-state index contributed by atoms with van der Waals surface area (Å²) < 4.78 is 5.19. The van der Waals surface area contributed by atoms with E-state index in [0.29, 0.717) is 18.4 Å². The second-order valence-corrected chi connectivity index (χ2v) is 5.79. The SMILES string of the molecule is COCc1ccc(C2CCNCC2c2ccccc2)cc1. The van der Waals surface area contributed by atoms with Crippen molar-refractivity contribution < 1.29 is 4.74 Å². The zero-order valence-electron chi connectivity index (χ0n) is 12.6. The van der Waals surface area contributed by atoms with E-state index < -0.39 is 0 Å². The van der Waals surface area contributed by atoms with Crippen LogP contribution in [0.15, 0.2) is 54.6 Å². The van der Waals surface area contributed by atoms with Gasteiger partial charge in [0.05, 0.1) is 6.61 Å². The molecule has 1 heterocycles. The first-order valence-electron chi connectivity index (χ1n) is 7.72. The number of rotatable bonds is 4. The van der Waals surface area contributed by atoms with Crippen molar-refractivity contribution in [2.75, 3.05) is 20.2 Å². The van der Waals surface area contributed by atoms with Crippen LogP contribution in [0.3, 0.4) is 0 Å². The average Bonchev–Trinajstić information content (AvgIpc) is 2.57. The second kappa shape index (κ2) is 6.88. The lowest BCUT2D eigenvalue weighted by Gasteiger charge is -2.33. The maximum Gasteiger partial charge on any atom is 0.0713 e.